The third kappa shape index (κ3) is 4.13. The molecule has 0 radical (unpaired) electrons. The maximum atomic E-state index is 2.32. The predicted molar refractivity (Wildman–Crippen MR) is 97.9 cm³/mol. The molecule has 23 heavy (non-hydrogen) atoms. The van der Waals surface area contributed by atoms with Gasteiger partial charge in [0.15, 0.2) is 0 Å². The van der Waals surface area contributed by atoms with Crippen molar-refractivity contribution in [2.24, 2.45) is 0 Å². The van der Waals surface area contributed by atoms with Crippen LogP contribution in [-0.4, -0.2) is 4.57 Å². The van der Waals surface area contributed by atoms with Crippen molar-refractivity contribution in [3.63, 3.8) is 0 Å². The second-order valence-electron chi connectivity index (χ2n) is 6.54. The van der Waals surface area contributed by atoms with E-state index in [-0.39, 0.29) is 0 Å². The predicted octanol–water partition coefficient (Wildman–Crippen LogP) is 5.64. The van der Waals surface area contributed by atoms with E-state index in [1.807, 2.05) is 0 Å². The van der Waals surface area contributed by atoms with Gasteiger partial charge in [-0.2, -0.15) is 0 Å². The maximum Gasteiger partial charge on any atom is 0.0285 e. The van der Waals surface area contributed by atoms with Gasteiger partial charge in [-0.3, -0.25) is 0 Å². The first-order chi connectivity index (χ1) is 11.2. The minimum absolute atomic E-state index is 0.531. The topological polar surface area (TPSA) is 4.93 Å². The van der Waals surface area contributed by atoms with Gasteiger partial charge >= 0.3 is 0 Å². The Hall–Kier alpha value is -2.28. The molecule has 2 atom stereocenters. The van der Waals surface area contributed by atoms with Crippen molar-refractivity contribution in [1.82, 2.24) is 4.57 Å². The molecule has 118 valence electrons. The largest absolute Gasteiger partial charge is 0.353 e. The van der Waals surface area contributed by atoms with Crippen LogP contribution in [0.25, 0.3) is 0 Å². The van der Waals surface area contributed by atoms with Gasteiger partial charge in [0.1, 0.15) is 0 Å². The SMILES string of the molecule is CC(Cc1ccn(CC(C)c2ccccc2)c1)c1ccccc1. The van der Waals surface area contributed by atoms with E-state index in [9.17, 15) is 0 Å². The Labute approximate surface area is 139 Å². The highest BCUT2D eigenvalue weighted by Gasteiger charge is 2.09. The average molecular weight is 303 g/mol. The molecule has 0 saturated heterocycles. The number of rotatable bonds is 6. The minimum atomic E-state index is 0.531. The molecular formula is C22H25N. The van der Waals surface area contributed by atoms with Crippen molar-refractivity contribution in [2.45, 2.75) is 38.6 Å². The molecule has 2 unspecified atom stereocenters. The van der Waals surface area contributed by atoms with Crippen molar-refractivity contribution in [1.29, 1.82) is 0 Å². The molecule has 1 aromatic heterocycles. The van der Waals surface area contributed by atoms with Crippen LogP contribution >= 0.6 is 0 Å². The first-order valence-electron chi connectivity index (χ1n) is 8.47. The van der Waals surface area contributed by atoms with Crippen LogP contribution in [0.1, 0.15) is 42.4 Å². The first-order valence-corrected chi connectivity index (χ1v) is 8.47. The summed E-state index contributed by atoms with van der Waals surface area (Å²) in [6.07, 6.45) is 5.61. The summed E-state index contributed by atoms with van der Waals surface area (Å²) in [5, 5.41) is 0. The molecule has 0 aliphatic heterocycles. The van der Waals surface area contributed by atoms with Crippen LogP contribution in [0.15, 0.2) is 79.1 Å². The fourth-order valence-corrected chi connectivity index (χ4v) is 3.18. The summed E-state index contributed by atoms with van der Waals surface area (Å²) in [5.74, 6) is 1.08. The third-order valence-electron chi connectivity index (χ3n) is 4.58. The van der Waals surface area contributed by atoms with Crippen LogP contribution < -0.4 is 0 Å². The highest BCUT2D eigenvalue weighted by Crippen LogP contribution is 2.22. The van der Waals surface area contributed by atoms with Crippen molar-refractivity contribution in [3.8, 4) is 0 Å². The van der Waals surface area contributed by atoms with Crippen LogP contribution in [0.4, 0.5) is 0 Å². The molecule has 0 N–H and O–H groups in total. The molecule has 0 bridgehead atoms. The summed E-state index contributed by atoms with van der Waals surface area (Å²) < 4.78 is 2.32. The first kappa shape index (κ1) is 15.6. The molecule has 0 aliphatic rings. The summed E-state index contributed by atoms with van der Waals surface area (Å²) >= 11 is 0. The van der Waals surface area contributed by atoms with E-state index < -0.39 is 0 Å². The molecule has 0 fully saturated rings. The monoisotopic (exact) mass is 303 g/mol. The molecule has 0 aliphatic carbocycles. The van der Waals surface area contributed by atoms with E-state index >= 15 is 0 Å². The number of aromatic nitrogens is 1. The summed E-state index contributed by atoms with van der Waals surface area (Å²) in [5.41, 5.74) is 4.24. The molecule has 0 spiro atoms. The highest BCUT2D eigenvalue weighted by molar-refractivity contribution is 5.23. The lowest BCUT2D eigenvalue weighted by Crippen LogP contribution is -2.04. The zero-order valence-corrected chi connectivity index (χ0v) is 14.0. The maximum absolute atomic E-state index is 2.32. The van der Waals surface area contributed by atoms with Gasteiger partial charge in [-0.25, -0.2) is 0 Å². The summed E-state index contributed by atoms with van der Waals surface area (Å²) in [6, 6.07) is 23.8. The Balaban J connectivity index is 1.62. The molecule has 3 rings (SSSR count). The fourth-order valence-electron chi connectivity index (χ4n) is 3.18. The molecule has 0 saturated carbocycles. The fraction of sp³-hybridized carbons (Fsp3) is 0.273. The Morgan fingerprint density at radius 2 is 1.30 bits per heavy atom. The Morgan fingerprint density at radius 3 is 1.91 bits per heavy atom. The second-order valence-corrected chi connectivity index (χ2v) is 6.54. The molecular weight excluding hydrogens is 278 g/mol. The van der Waals surface area contributed by atoms with Crippen molar-refractivity contribution < 1.29 is 0 Å². The smallest absolute Gasteiger partial charge is 0.0285 e. The molecule has 2 aromatic carbocycles. The van der Waals surface area contributed by atoms with Crippen LogP contribution in [0.2, 0.25) is 0 Å². The Bertz CT molecular complexity index is 650. The van der Waals surface area contributed by atoms with E-state index in [4.69, 9.17) is 0 Å². The average Bonchev–Trinajstić information content (AvgIpc) is 3.03. The summed E-state index contributed by atoms with van der Waals surface area (Å²) in [4.78, 5) is 0. The number of benzene rings is 2. The van der Waals surface area contributed by atoms with Crippen molar-refractivity contribution in [3.05, 3.63) is 95.8 Å². The molecule has 1 heterocycles. The van der Waals surface area contributed by atoms with E-state index in [0.717, 1.165) is 13.0 Å². The standard InChI is InChI=1S/C22H25N/c1-18(21-9-5-3-6-10-21)15-20-13-14-23(17-20)16-19(2)22-11-7-4-8-12-22/h3-14,17-19H,15-16H2,1-2H3. The Morgan fingerprint density at radius 1 is 0.739 bits per heavy atom. The number of hydrogen-bond acceptors (Lipinski definition) is 0. The lowest BCUT2D eigenvalue weighted by atomic mass is 9.95. The third-order valence-corrected chi connectivity index (χ3v) is 4.58. The normalized spacial score (nSPS) is 13.7. The van der Waals surface area contributed by atoms with Gasteiger partial charge < -0.3 is 4.57 Å². The van der Waals surface area contributed by atoms with Crippen molar-refractivity contribution in [2.75, 3.05) is 0 Å². The van der Waals surface area contributed by atoms with Crippen LogP contribution in [0.5, 0.6) is 0 Å². The summed E-state index contributed by atoms with van der Waals surface area (Å²) in [6.45, 7) is 5.63. The van der Waals surface area contributed by atoms with Crippen LogP contribution in [-0.2, 0) is 13.0 Å². The molecule has 3 aromatic rings. The molecule has 0 amide bonds. The number of hydrogen-bond donors (Lipinski definition) is 0. The van der Waals surface area contributed by atoms with E-state index in [0.29, 0.717) is 11.8 Å². The minimum Gasteiger partial charge on any atom is -0.353 e. The zero-order valence-electron chi connectivity index (χ0n) is 14.0. The van der Waals surface area contributed by atoms with Gasteiger partial charge in [0.2, 0.25) is 0 Å². The zero-order chi connectivity index (χ0) is 16.1. The van der Waals surface area contributed by atoms with Gasteiger partial charge in [-0.05, 0) is 41.0 Å². The van der Waals surface area contributed by atoms with E-state index in [1.54, 1.807) is 0 Å². The quantitative estimate of drug-likeness (QED) is 0.555. The van der Waals surface area contributed by atoms with Gasteiger partial charge in [0.05, 0.1) is 0 Å². The van der Waals surface area contributed by atoms with Gasteiger partial charge in [0.25, 0.3) is 0 Å². The molecule has 1 nitrogen and oxygen atoms in total. The van der Waals surface area contributed by atoms with Gasteiger partial charge in [0, 0.05) is 18.9 Å². The van der Waals surface area contributed by atoms with E-state index in [1.165, 1.54) is 16.7 Å². The van der Waals surface area contributed by atoms with Crippen LogP contribution in [0, 0.1) is 0 Å². The Kier molecular flexibility index (Phi) is 4.97. The molecule has 1 heteroatoms. The summed E-state index contributed by atoms with van der Waals surface area (Å²) in [7, 11) is 0. The van der Waals surface area contributed by atoms with Crippen LogP contribution in [0.3, 0.4) is 0 Å². The number of nitrogens with zero attached hydrogens (tertiary/aromatic N) is 1. The van der Waals surface area contributed by atoms with Crippen molar-refractivity contribution >= 4 is 0 Å². The van der Waals surface area contributed by atoms with Gasteiger partial charge in [-0.1, -0.05) is 74.5 Å². The lowest BCUT2D eigenvalue weighted by molar-refractivity contribution is 0.598. The van der Waals surface area contributed by atoms with E-state index in [2.05, 4.69) is 97.5 Å². The van der Waals surface area contributed by atoms with Gasteiger partial charge in [-0.15, -0.1) is 0 Å². The highest BCUT2D eigenvalue weighted by atomic mass is 14.9. The lowest BCUT2D eigenvalue weighted by Gasteiger charge is -2.13. The second kappa shape index (κ2) is 7.32.